The van der Waals surface area contributed by atoms with Gasteiger partial charge in [-0.05, 0) is 70.3 Å². The molecule has 0 bridgehead atoms. The maximum Gasteiger partial charge on any atom is -0.0145 e. The molecular formula is C24H20. The first-order chi connectivity index (χ1) is 11.9. The Morgan fingerprint density at radius 3 is 2.54 bits per heavy atom. The topological polar surface area (TPSA) is 0 Å². The van der Waals surface area contributed by atoms with Crippen molar-refractivity contribution in [3.8, 4) is 11.1 Å². The lowest BCUT2D eigenvalue weighted by Crippen LogP contribution is -2.07. The van der Waals surface area contributed by atoms with Gasteiger partial charge in [-0.25, -0.2) is 0 Å². The number of benzene rings is 3. The number of hydrogen-bond acceptors (Lipinski definition) is 0. The minimum atomic E-state index is 1.18. The van der Waals surface area contributed by atoms with Gasteiger partial charge in [0, 0.05) is 0 Å². The van der Waals surface area contributed by atoms with E-state index in [9.17, 15) is 0 Å². The zero-order valence-electron chi connectivity index (χ0n) is 13.8. The van der Waals surface area contributed by atoms with Crippen LogP contribution in [0.4, 0.5) is 0 Å². The Morgan fingerprint density at radius 1 is 0.708 bits per heavy atom. The van der Waals surface area contributed by atoms with Crippen molar-refractivity contribution in [2.75, 3.05) is 0 Å². The van der Waals surface area contributed by atoms with E-state index in [1.165, 1.54) is 64.3 Å². The minimum absolute atomic E-state index is 1.18. The standard InChI is InChI=1S/C24H20/c1-2-6-17(7-3-1)19-11-13-22-20(16-19)12-15-23-21-9-5-4-8-18(21)10-14-24(22)23/h1-3,5-7,9,11-13,15-16H,4,8,10,14H2. The fraction of sp³-hybridized carbons (Fsp3) is 0.167. The highest BCUT2D eigenvalue weighted by Crippen LogP contribution is 2.40. The lowest BCUT2D eigenvalue weighted by Gasteiger charge is -2.25. The van der Waals surface area contributed by atoms with Crippen LogP contribution in [0.3, 0.4) is 0 Å². The molecule has 0 N–H and O–H groups in total. The van der Waals surface area contributed by atoms with Crippen LogP contribution in [0.5, 0.6) is 0 Å². The summed E-state index contributed by atoms with van der Waals surface area (Å²) in [7, 11) is 0. The normalized spacial score (nSPS) is 16.2. The Kier molecular flexibility index (Phi) is 3.16. The van der Waals surface area contributed by atoms with E-state index in [2.05, 4.69) is 72.8 Å². The van der Waals surface area contributed by atoms with E-state index in [0.29, 0.717) is 0 Å². The van der Waals surface area contributed by atoms with E-state index in [0.717, 1.165) is 0 Å². The van der Waals surface area contributed by atoms with Gasteiger partial charge in [-0.15, -0.1) is 0 Å². The molecule has 2 aliphatic carbocycles. The van der Waals surface area contributed by atoms with Crippen molar-refractivity contribution in [1.82, 2.24) is 0 Å². The van der Waals surface area contributed by atoms with Crippen molar-refractivity contribution in [3.05, 3.63) is 89.5 Å². The van der Waals surface area contributed by atoms with Gasteiger partial charge in [0.15, 0.2) is 0 Å². The second-order valence-electron chi connectivity index (χ2n) is 6.85. The fourth-order valence-electron chi connectivity index (χ4n) is 4.25. The summed E-state index contributed by atoms with van der Waals surface area (Å²) in [6.07, 6.45) is 9.55. The van der Waals surface area contributed by atoms with Crippen molar-refractivity contribution in [2.45, 2.75) is 25.7 Å². The highest BCUT2D eigenvalue weighted by molar-refractivity contribution is 5.95. The summed E-state index contributed by atoms with van der Waals surface area (Å²) in [5.74, 6) is 0. The first kappa shape index (κ1) is 13.8. The van der Waals surface area contributed by atoms with Gasteiger partial charge in [0.2, 0.25) is 0 Å². The molecule has 0 amide bonds. The van der Waals surface area contributed by atoms with Gasteiger partial charge in [0.1, 0.15) is 0 Å². The number of allylic oxidation sites excluding steroid dienone is 4. The number of aryl methyl sites for hydroxylation is 1. The smallest absolute Gasteiger partial charge is 0.0145 e. The van der Waals surface area contributed by atoms with Gasteiger partial charge in [-0.1, -0.05) is 72.3 Å². The van der Waals surface area contributed by atoms with Crippen molar-refractivity contribution < 1.29 is 0 Å². The van der Waals surface area contributed by atoms with E-state index in [4.69, 9.17) is 0 Å². The summed E-state index contributed by atoms with van der Waals surface area (Å²) >= 11 is 0. The SMILES string of the molecule is C1=CC2=C(CC1)CCc1c2ccc2cc(-c3ccccc3)ccc12. The molecule has 3 aromatic carbocycles. The second-order valence-corrected chi connectivity index (χ2v) is 6.85. The zero-order chi connectivity index (χ0) is 15.9. The molecule has 0 radical (unpaired) electrons. The molecule has 0 saturated heterocycles. The van der Waals surface area contributed by atoms with Crippen LogP contribution in [0.2, 0.25) is 0 Å². The maximum absolute atomic E-state index is 2.35. The molecular weight excluding hydrogens is 288 g/mol. The summed E-state index contributed by atoms with van der Waals surface area (Å²) in [5, 5.41) is 2.79. The van der Waals surface area contributed by atoms with E-state index >= 15 is 0 Å². The number of hydrogen-bond donors (Lipinski definition) is 0. The van der Waals surface area contributed by atoms with Crippen LogP contribution in [0.25, 0.3) is 27.5 Å². The molecule has 0 heteroatoms. The van der Waals surface area contributed by atoms with Crippen molar-refractivity contribution in [3.63, 3.8) is 0 Å². The molecule has 2 aliphatic rings. The molecule has 0 aliphatic heterocycles. The Morgan fingerprint density at radius 2 is 1.62 bits per heavy atom. The van der Waals surface area contributed by atoms with Crippen LogP contribution in [-0.4, -0.2) is 0 Å². The molecule has 0 saturated carbocycles. The summed E-state index contributed by atoms with van der Waals surface area (Å²) in [6, 6.07) is 22.2. The number of rotatable bonds is 1. The van der Waals surface area contributed by atoms with Crippen LogP contribution in [0.15, 0.2) is 78.4 Å². The highest BCUT2D eigenvalue weighted by Gasteiger charge is 2.20. The summed E-state index contributed by atoms with van der Waals surface area (Å²) in [6.45, 7) is 0. The second kappa shape index (κ2) is 5.49. The third-order valence-electron chi connectivity index (χ3n) is 5.48. The molecule has 0 nitrogen and oxygen atoms in total. The molecule has 0 aromatic heterocycles. The Balaban J connectivity index is 1.68. The first-order valence-electron chi connectivity index (χ1n) is 8.90. The predicted octanol–water partition coefficient (Wildman–Crippen LogP) is 6.56. The van der Waals surface area contributed by atoms with Gasteiger partial charge >= 0.3 is 0 Å². The molecule has 0 fully saturated rings. The average molecular weight is 308 g/mol. The van der Waals surface area contributed by atoms with E-state index in [1.54, 1.807) is 5.57 Å². The molecule has 24 heavy (non-hydrogen) atoms. The molecule has 5 rings (SSSR count). The first-order valence-corrected chi connectivity index (χ1v) is 8.90. The molecule has 116 valence electrons. The fourth-order valence-corrected chi connectivity index (χ4v) is 4.25. The van der Waals surface area contributed by atoms with Gasteiger partial charge in [0.05, 0.1) is 0 Å². The summed E-state index contributed by atoms with van der Waals surface area (Å²) in [5.41, 5.74) is 8.75. The maximum atomic E-state index is 2.35. The van der Waals surface area contributed by atoms with E-state index < -0.39 is 0 Å². The van der Waals surface area contributed by atoms with Crippen LogP contribution in [-0.2, 0) is 6.42 Å². The summed E-state index contributed by atoms with van der Waals surface area (Å²) < 4.78 is 0. The largest absolute Gasteiger partial charge is 0.0836 e. The molecule has 0 spiro atoms. The van der Waals surface area contributed by atoms with Crippen molar-refractivity contribution in [1.29, 1.82) is 0 Å². The Hall–Kier alpha value is -2.60. The van der Waals surface area contributed by atoms with E-state index in [-0.39, 0.29) is 0 Å². The third-order valence-corrected chi connectivity index (χ3v) is 5.48. The Bertz CT molecular complexity index is 987. The molecule has 3 aromatic rings. The van der Waals surface area contributed by atoms with E-state index in [1.807, 2.05) is 0 Å². The average Bonchev–Trinajstić information content (AvgIpc) is 2.67. The monoisotopic (exact) mass is 308 g/mol. The van der Waals surface area contributed by atoms with Crippen LogP contribution >= 0.6 is 0 Å². The van der Waals surface area contributed by atoms with Gasteiger partial charge < -0.3 is 0 Å². The molecule has 0 heterocycles. The summed E-state index contributed by atoms with van der Waals surface area (Å²) in [4.78, 5) is 0. The zero-order valence-corrected chi connectivity index (χ0v) is 13.8. The molecule has 0 unspecified atom stereocenters. The molecule has 0 atom stereocenters. The number of fused-ring (bicyclic) bond motifs is 4. The van der Waals surface area contributed by atoms with Gasteiger partial charge in [0.25, 0.3) is 0 Å². The van der Waals surface area contributed by atoms with Crippen molar-refractivity contribution >= 4 is 16.3 Å². The van der Waals surface area contributed by atoms with Gasteiger partial charge in [-0.3, -0.25) is 0 Å². The van der Waals surface area contributed by atoms with Crippen LogP contribution < -0.4 is 0 Å². The highest BCUT2D eigenvalue weighted by atomic mass is 14.2. The lowest BCUT2D eigenvalue weighted by atomic mass is 9.79. The Labute approximate surface area is 143 Å². The van der Waals surface area contributed by atoms with Crippen molar-refractivity contribution in [2.24, 2.45) is 0 Å². The third kappa shape index (κ3) is 2.14. The van der Waals surface area contributed by atoms with Crippen LogP contribution in [0, 0.1) is 0 Å². The predicted molar refractivity (Wildman–Crippen MR) is 103 cm³/mol. The van der Waals surface area contributed by atoms with Gasteiger partial charge in [-0.2, -0.15) is 0 Å². The quantitative estimate of drug-likeness (QED) is 0.478. The van der Waals surface area contributed by atoms with Crippen LogP contribution in [0.1, 0.15) is 30.4 Å². The lowest BCUT2D eigenvalue weighted by molar-refractivity contribution is 0.831. The minimum Gasteiger partial charge on any atom is -0.0836 e.